The first kappa shape index (κ1) is 11.0. The Morgan fingerprint density at radius 1 is 1.23 bits per heavy atom. The first-order valence-electron chi connectivity index (χ1n) is 4.23. The summed E-state index contributed by atoms with van der Waals surface area (Å²) < 4.78 is 1.14. The fourth-order valence-corrected chi connectivity index (χ4v) is 1.83. The van der Waals surface area contributed by atoms with Crippen molar-refractivity contribution in [2.24, 2.45) is 5.73 Å². The third-order valence-electron chi connectivity index (χ3n) is 2.70. The minimum Gasteiger partial charge on any atom is -0.330 e. The van der Waals surface area contributed by atoms with Crippen LogP contribution in [-0.2, 0) is 5.41 Å². The van der Waals surface area contributed by atoms with Gasteiger partial charge in [-0.25, -0.2) is 0 Å². The SMILES string of the molecule is Cl.NCC1(c2ccc(Br)cc2)CC1. The van der Waals surface area contributed by atoms with Crippen molar-refractivity contribution < 1.29 is 0 Å². The molecular weight excluding hydrogens is 249 g/mol. The van der Waals surface area contributed by atoms with Crippen LogP contribution in [0.1, 0.15) is 18.4 Å². The second kappa shape index (κ2) is 3.99. The lowest BCUT2D eigenvalue weighted by atomic mass is 9.96. The van der Waals surface area contributed by atoms with E-state index in [0.29, 0.717) is 5.41 Å². The molecule has 3 heteroatoms. The Balaban J connectivity index is 0.000000845. The minimum atomic E-state index is 0. The van der Waals surface area contributed by atoms with Gasteiger partial charge in [-0.2, -0.15) is 0 Å². The fourth-order valence-electron chi connectivity index (χ4n) is 1.56. The predicted octanol–water partition coefficient (Wildman–Crippen LogP) is 2.86. The molecule has 0 amide bonds. The molecule has 0 atom stereocenters. The minimum absolute atomic E-state index is 0. The summed E-state index contributed by atoms with van der Waals surface area (Å²) in [6.07, 6.45) is 2.51. The summed E-state index contributed by atoms with van der Waals surface area (Å²) in [4.78, 5) is 0. The molecule has 0 aromatic heterocycles. The van der Waals surface area contributed by atoms with Crippen molar-refractivity contribution in [2.45, 2.75) is 18.3 Å². The highest BCUT2D eigenvalue weighted by Gasteiger charge is 2.42. The van der Waals surface area contributed by atoms with Gasteiger partial charge >= 0.3 is 0 Å². The molecule has 0 heterocycles. The summed E-state index contributed by atoms with van der Waals surface area (Å²) in [6, 6.07) is 8.52. The zero-order valence-electron chi connectivity index (χ0n) is 7.29. The Hall–Kier alpha value is -0.0500. The van der Waals surface area contributed by atoms with Crippen molar-refractivity contribution in [1.82, 2.24) is 0 Å². The zero-order valence-corrected chi connectivity index (χ0v) is 9.70. The number of nitrogens with two attached hydrogens (primary N) is 1. The van der Waals surface area contributed by atoms with Crippen molar-refractivity contribution in [3.8, 4) is 0 Å². The van der Waals surface area contributed by atoms with Gasteiger partial charge in [-0.05, 0) is 30.5 Å². The van der Waals surface area contributed by atoms with E-state index in [1.54, 1.807) is 0 Å². The number of hydrogen-bond acceptors (Lipinski definition) is 1. The molecular formula is C10H13BrClN. The Kier molecular flexibility index (Phi) is 3.38. The van der Waals surface area contributed by atoms with Gasteiger partial charge in [0.1, 0.15) is 0 Å². The molecule has 2 rings (SSSR count). The third-order valence-corrected chi connectivity index (χ3v) is 3.23. The van der Waals surface area contributed by atoms with Crippen LogP contribution in [0.25, 0.3) is 0 Å². The first-order chi connectivity index (χ1) is 5.77. The van der Waals surface area contributed by atoms with Crippen LogP contribution in [-0.4, -0.2) is 6.54 Å². The topological polar surface area (TPSA) is 26.0 Å². The summed E-state index contributed by atoms with van der Waals surface area (Å²) in [5.41, 5.74) is 7.46. The molecule has 0 unspecified atom stereocenters. The monoisotopic (exact) mass is 261 g/mol. The van der Waals surface area contributed by atoms with Crippen molar-refractivity contribution in [3.63, 3.8) is 0 Å². The molecule has 0 saturated heterocycles. The Morgan fingerprint density at radius 2 is 1.77 bits per heavy atom. The van der Waals surface area contributed by atoms with E-state index in [2.05, 4.69) is 40.2 Å². The van der Waals surface area contributed by atoms with E-state index in [1.807, 2.05) is 0 Å². The normalized spacial score (nSPS) is 17.7. The van der Waals surface area contributed by atoms with Gasteiger partial charge in [0, 0.05) is 16.4 Å². The van der Waals surface area contributed by atoms with Crippen molar-refractivity contribution in [1.29, 1.82) is 0 Å². The molecule has 72 valence electrons. The maximum Gasteiger partial charge on any atom is 0.0175 e. The van der Waals surface area contributed by atoms with E-state index < -0.39 is 0 Å². The number of hydrogen-bond donors (Lipinski definition) is 1. The maximum atomic E-state index is 5.73. The maximum absolute atomic E-state index is 5.73. The average molecular weight is 263 g/mol. The molecule has 1 fully saturated rings. The van der Waals surface area contributed by atoms with Gasteiger partial charge in [0.05, 0.1) is 0 Å². The molecule has 0 bridgehead atoms. The van der Waals surface area contributed by atoms with Gasteiger partial charge in [-0.1, -0.05) is 28.1 Å². The highest BCUT2D eigenvalue weighted by atomic mass is 79.9. The summed E-state index contributed by atoms with van der Waals surface area (Å²) in [7, 11) is 0. The molecule has 1 aromatic rings. The fraction of sp³-hybridized carbons (Fsp3) is 0.400. The molecule has 1 nitrogen and oxygen atoms in total. The average Bonchev–Trinajstić information content (AvgIpc) is 2.86. The van der Waals surface area contributed by atoms with Crippen LogP contribution in [0.3, 0.4) is 0 Å². The lowest BCUT2D eigenvalue weighted by molar-refractivity contribution is 0.704. The lowest BCUT2D eigenvalue weighted by Crippen LogP contribution is -2.19. The number of benzene rings is 1. The Bertz CT molecular complexity index is 279. The molecule has 0 spiro atoms. The molecule has 1 aromatic carbocycles. The Morgan fingerprint density at radius 3 is 2.15 bits per heavy atom. The van der Waals surface area contributed by atoms with E-state index in [4.69, 9.17) is 5.73 Å². The van der Waals surface area contributed by atoms with Gasteiger partial charge < -0.3 is 5.73 Å². The Labute approximate surface area is 93.2 Å². The highest BCUT2D eigenvalue weighted by molar-refractivity contribution is 9.10. The van der Waals surface area contributed by atoms with Crippen molar-refractivity contribution >= 4 is 28.3 Å². The first-order valence-corrected chi connectivity index (χ1v) is 5.02. The van der Waals surface area contributed by atoms with Crippen LogP contribution < -0.4 is 5.73 Å². The third kappa shape index (κ3) is 2.06. The number of halogens is 2. The summed E-state index contributed by atoms with van der Waals surface area (Å²) in [6.45, 7) is 0.786. The van der Waals surface area contributed by atoms with E-state index in [9.17, 15) is 0 Å². The second-order valence-corrected chi connectivity index (χ2v) is 4.41. The molecule has 0 aliphatic heterocycles. The molecule has 1 saturated carbocycles. The van der Waals surface area contributed by atoms with Gasteiger partial charge in [-0.3, -0.25) is 0 Å². The van der Waals surface area contributed by atoms with Crippen molar-refractivity contribution in [2.75, 3.05) is 6.54 Å². The smallest absolute Gasteiger partial charge is 0.0175 e. The lowest BCUT2D eigenvalue weighted by Gasteiger charge is -2.11. The van der Waals surface area contributed by atoms with E-state index >= 15 is 0 Å². The van der Waals surface area contributed by atoms with Crippen LogP contribution in [0.4, 0.5) is 0 Å². The van der Waals surface area contributed by atoms with Crippen molar-refractivity contribution in [3.05, 3.63) is 34.3 Å². The molecule has 13 heavy (non-hydrogen) atoms. The standard InChI is InChI=1S/C10H12BrN.ClH/c11-9-3-1-8(2-4-9)10(7-12)5-6-10;/h1-4H,5-7,12H2;1H. The predicted molar refractivity (Wildman–Crippen MR) is 61.4 cm³/mol. The molecule has 2 N–H and O–H groups in total. The molecule has 1 aliphatic rings. The van der Waals surface area contributed by atoms with Crippen LogP contribution in [0, 0.1) is 0 Å². The van der Waals surface area contributed by atoms with Crippen LogP contribution >= 0.6 is 28.3 Å². The van der Waals surface area contributed by atoms with Gasteiger partial charge in [-0.15, -0.1) is 12.4 Å². The zero-order chi connectivity index (χ0) is 8.60. The van der Waals surface area contributed by atoms with Crippen LogP contribution in [0.2, 0.25) is 0 Å². The molecule has 1 aliphatic carbocycles. The summed E-state index contributed by atoms with van der Waals surface area (Å²) >= 11 is 3.42. The highest BCUT2D eigenvalue weighted by Crippen LogP contribution is 2.47. The van der Waals surface area contributed by atoms with Gasteiger partial charge in [0.2, 0.25) is 0 Å². The largest absolute Gasteiger partial charge is 0.330 e. The van der Waals surface area contributed by atoms with Gasteiger partial charge in [0.25, 0.3) is 0 Å². The molecule has 0 radical (unpaired) electrons. The van der Waals surface area contributed by atoms with E-state index in [-0.39, 0.29) is 12.4 Å². The second-order valence-electron chi connectivity index (χ2n) is 3.49. The summed E-state index contributed by atoms with van der Waals surface area (Å²) in [5, 5.41) is 0. The van der Waals surface area contributed by atoms with Gasteiger partial charge in [0.15, 0.2) is 0 Å². The summed E-state index contributed by atoms with van der Waals surface area (Å²) in [5.74, 6) is 0. The van der Waals surface area contributed by atoms with Crippen LogP contribution in [0.5, 0.6) is 0 Å². The van der Waals surface area contributed by atoms with E-state index in [0.717, 1.165) is 11.0 Å². The number of rotatable bonds is 2. The quantitative estimate of drug-likeness (QED) is 0.871. The van der Waals surface area contributed by atoms with Crippen LogP contribution in [0.15, 0.2) is 28.7 Å². The van der Waals surface area contributed by atoms with E-state index in [1.165, 1.54) is 18.4 Å².